The summed E-state index contributed by atoms with van der Waals surface area (Å²) >= 11 is 0. The number of benzene rings is 2. The number of nitrogens with one attached hydrogen (secondary N) is 2. The highest BCUT2D eigenvalue weighted by Crippen LogP contribution is 2.24. The third kappa shape index (κ3) is 5.27. The van der Waals surface area contributed by atoms with Gasteiger partial charge in [-0.1, -0.05) is 12.1 Å². The average Bonchev–Trinajstić information content (AvgIpc) is 2.69. The molecule has 0 radical (unpaired) electrons. The lowest BCUT2D eigenvalue weighted by molar-refractivity contribution is -0.120. The summed E-state index contributed by atoms with van der Waals surface area (Å²) in [5, 5.41) is 6.34. The van der Waals surface area contributed by atoms with Gasteiger partial charge in [0.05, 0.1) is 32.0 Å². The van der Waals surface area contributed by atoms with Crippen LogP contribution in [0, 0.1) is 5.82 Å². The van der Waals surface area contributed by atoms with Crippen molar-refractivity contribution in [1.82, 2.24) is 10.7 Å². The van der Waals surface area contributed by atoms with E-state index in [4.69, 9.17) is 9.47 Å². The molecule has 2 N–H and O–H groups in total. The normalized spacial score (nSPS) is 10.9. The molecule has 27 heavy (non-hydrogen) atoms. The first-order valence-electron chi connectivity index (χ1n) is 8.04. The van der Waals surface area contributed by atoms with E-state index in [1.165, 1.54) is 31.4 Å². The number of amides is 2. The Hall–Kier alpha value is -3.42. The van der Waals surface area contributed by atoms with Crippen LogP contribution in [0.15, 0.2) is 47.6 Å². The highest BCUT2D eigenvalue weighted by Gasteiger charge is 2.12. The van der Waals surface area contributed by atoms with E-state index in [0.29, 0.717) is 22.8 Å². The van der Waals surface area contributed by atoms with Gasteiger partial charge in [-0.05, 0) is 31.2 Å². The van der Waals surface area contributed by atoms with Crippen molar-refractivity contribution in [3.63, 3.8) is 0 Å². The number of ether oxygens (including phenoxy) is 2. The Morgan fingerprint density at radius 3 is 2.48 bits per heavy atom. The Kier molecular flexibility index (Phi) is 6.87. The highest BCUT2D eigenvalue weighted by molar-refractivity contribution is 6.02. The lowest BCUT2D eigenvalue weighted by Gasteiger charge is -2.10. The summed E-state index contributed by atoms with van der Waals surface area (Å²) in [5.41, 5.74) is 3.38. The molecule has 2 amide bonds. The van der Waals surface area contributed by atoms with E-state index >= 15 is 0 Å². The van der Waals surface area contributed by atoms with Crippen LogP contribution in [0.5, 0.6) is 11.5 Å². The standard InChI is InChI=1S/C19H20FN3O4/c1-12(14-9-8-13(26-2)10-17(14)27-3)22-23-18(24)11-21-19(25)15-6-4-5-7-16(15)20/h4-10H,11H2,1-3H3,(H,21,25)(H,23,24)/b22-12-. The van der Waals surface area contributed by atoms with Crippen LogP contribution in [-0.2, 0) is 4.79 Å². The minimum absolute atomic E-state index is 0.132. The molecule has 0 saturated heterocycles. The number of nitrogens with zero attached hydrogens (tertiary/aromatic N) is 1. The smallest absolute Gasteiger partial charge is 0.259 e. The molecule has 0 atom stereocenters. The van der Waals surface area contributed by atoms with Gasteiger partial charge in [-0.3, -0.25) is 9.59 Å². The summed E-state index contributed by atoms with van der Waals surface area (Å²) in [7, 11) is 3.06. The molecule has 0 heterocycles. The summed E-state index contributed by atoms with van der Waals surface area (Å²) < 4.78 is 23.9. The van der Waals surface area contributed by atoms with Crippen LogP contribution in [0.1, 0.15) is 22.8 Å². The maximum Gasteiger partial charge on any atom is 0.259 e. The number of hydrogen-bond donors (Lipinski definition) is 2. The third-order valence-electron chi connectivity index (χ3n) is 3.67. The number of hydrogen-bond acceptors (Lipinski definition) is 5. The quantitative estimate of drug-likeness (QED) is 0.575. The zero-order valence-electron chi connectivity index (χ0n) is 15.2. The van der Waals surface area contributed by atoms with Gasteiger partial charge in [0.25, 0.3) is 11.8 Å². The van der Waals surface area contributed by atoms with Crippen molar-refractivity contribution in [1.29, 1.82) is 0 Å². The summed E-state index contributed by atoms with van der Waals surface area (Å²) in [6.45, 7) is 1.35. The number of methoxy groups -OCH3 is 2. The van der Waals surface area contributed by atoms with Crippen molar-refractivity contribution >= 4 is 17.5 Å². The Balaban J connectivity index is 1.96. The minimum atomic E-state index is -0.680. The fourth-order valence-corrected chi connectivity index (χ4v) is 2.24. The highest BCUT2D eigenvalue weighted by atomic mass is 19.1. The Morgan fingerprint density at radius 2 is 1.81 bits per heavy atom. The summed E-state index contributed by atoms with van der Waals surface area (Å²) in [6, 6.07) is 10.7. The van der Waals surface area contributed by atoms with E-state index in [9.17, 15) is 14.0 Å². The summed E-state index contributed by atoms with van der Waals surface area (Å²) in [4.78, 5) is 23.8. The van der Waals surface area contributed by atoms with Gasteiger partial charge in [0.15, 0.2) is 0 Å². The van der Waals surface area contributed by atoms with Gasteiger partial charge < -0.3 is 14.8 Å². The van der Waals surface area contributed by atoms with E-state index in [2.05, 4.69) is 15.8 Å². The van der Waals surface area contributed by atoms with Gasteiger partial charge in [-0.15, -0.1) is 0 Å². The zero-order valence-corrected chi connectivity index (χ0v) is 15.2. The van der Waals surface area contributed by atoms with E-state index in [1.807, 2.05) is 0 Å². The van der Waals surface area contributed by atoms with Crippen LogP contribution < -0.4 is 20.2 Å². The Morgan fingerprint density at radius 1 is 1.07 bits per heavy atom. The second-order valence-electron chi connectivity index (χ2n) is 5.46. The summed E-state index contributed by atoms with van der Waals surface area (Å²) in [5.74, 6) is -0.718. The Bertz CT molecular complexity index is 868. The van der Waals surface area contributed by atoms with Crippen LogP contribution >= 0.6 is 0 Å². The number of rotatable bonds is 7. The molecule has 0 bridgehead atoms. The lowest BCUT2D eigenvalue weighted by Crippen LogP contribution is -2.35. The van der Waals surface area contributed by atoms with Crippen LogP contribution in [0.4, 0.5) is 4.39 Å². The fraction of sp³-hybridized carbons (Fsp3) is 0.211. The van der Waals surface area contributed by atoms with Crippen LogP contribution in [0.25, 0.3) is 0 Å². The molecule has 142 valence electrons. The predicted molar refractivity (Wildman–Crippen MR) is 98.6 cm³/mol. The second-order valence-corrected chi connectivity index (χ2v) is 5.46. The van der Waals surface area contributed by atoms with E-state index in [0.717, 1.165) is 0 Å². The number of hydrazone groups is 1. The van der Waals surface area contributed by atoms with E-state index in [-0.39, 0.29) is 12.1 Å². The van der Waals surface area contributed by atoms with E-state index < -0.39 is 17.6 Å². The van der Waals surface area contributed by atoms with Gasteiger partial charge in [0, 0.05) is 11.6 Å². The molecule has 0 aromatic heterocycles. The molecular weight excluding hydrogens is 353 g/mol. The molecule has 0 aliphatic rings. The van der Waals surface area contributed by atoms with Crippen molar-refractivity contribution < 1.29 is 23.5 Å². The second kappa shape index (κ2) is 9.33. The molecule has 0 fully saturated rings. The van der Waals surface area contributed by atoms with E-state index in [1.54, 1.807) is 32.2 Å². The minimum Gasteiger partial charge on any atom is -0.497 e. The van der Waals surface area contributed by atoms with Crippen molar-refractivity contribution in [2.45, 2.75) is 6.92 Å². The zero-order chi connectivity index (χ0) is 19.8. The SMILES string of the molecule is COc1ccc(/C(C)=N\NC(=O)CNC(=O)c2ccccc2F)c(OC)c1. The van der Waals surface area contributed by atoms with Crippen molar-refractivity contribution in [2.75, 3.05) is 20.8 Å². The number of carbonyl (C=O) groups is 2. The van der Waals surface area contributed by atoms with Crippen LogP contribution in [0.2, 0.25) is 0 Å². The van der Waals surface area contributed by atoms with Crippen LogP contribution in [0.3, 0.4) is 0 Å². The molecule has 2 rings (SSSR count). The average molecular weight is 373 g/mol. The monoisotopic (exact) mass is 373 g/mol. The topological polar surface area (TPSA) is 89.0 Å². The van der Waals surface area contributed by atoms with Gasteiger partial charge in [0.1, 0.15) is 17.3 Å². The Labute approximate surface area is 156 Å². The molecule has 0 spiro atoms. The lowest BCUT2D eigenvalue weighted by atomic mass is 10.1. The van der Waals surface area contributed by atoms with Gasteiger partial charge >= 0.3 is 0 Å². The maximum absolute atomic E-state index is 13.5. The summed E-state index contributed by atoms with van der Waals surface area (Å²) in [6.07, 6.45) is 0. The maximum atomic E-state index is 13.5. The molecule has 0 saturated carbocycles. The van der Waals surface area contributed by atoms with Gasteiger partial charge in [0.2, 0.25) is 0 Å². The molecule has 0 unspecified atom stereocenters. The van der Waals surface area contributed by atoms with Crippen molar-refractivity contribution in [3.8, 4) is 11.5 Å². The third-order valence-corrected chi connectivity index (χ3v) is 3.67. The molecule has 2 aromatic rings. The largest absolute Gasteiger partial charge is 0.497 e. The molecular formula is C19H20FN3O4. The first-order valence-corrected chi connectivity index (χ1v) is 8.04. The van der Waals surface area contributed by atoms with Crippen molar-refractivity contribution in [2.24, 2.45) is 5.10 Å². The predicted octanol–water partition coefficient (Wildman–Crippen LogP) is 2.11. The van der Waals surface area contributed by atoms with Crippen molar-refractivity contribution in [3.05, 3.63) is 59.4 Å². The first-order chi connectivity index (χ1) is 13.0. The number of carbonyl (C=O) groups excluding carboxylic acids is 2. The number of halogens is 1. The molecule has 8 heteroatoms. The molecule has 0 aliphatic heterocycles. The van der Waals surface area contributed by atoms with Crippen LogP contribution in [-0.4, -0.2) is 38.3 Å². The fourth-order valence-electron chi connectivity index (χ4n) is 2.24. The molecule has 2 aromatic carbocycles. The first kappa shape index (κ1) is 19.9. The van der Waals surface area contributed by atoms with Gasteiger partial charge in [-0.25, -0.2) is 9.82 Å². The molecule has 0 aliphatic carbocycles. The van der Waals surface area contributed by atoms with Gasteiger partial charge in [-0.2, -0.15) is 5.10 Å². The molecule has 7 nitrogen and oxygen atoms in total.